The summed E-state index contributed by atoms with van der Waals surface area (Å²) in [6, 6.07) is 17.6. The average Bonchev–Trinajstić information content (AvgIpc) is 3.47. The van der Waals surface area contributed by atoms with Gasteiger partial charge in [0.05, 0.1) is 23.5 Å². The number of para-hydroxylation sites is 1. The molecule has 1 N–H and O–H groups in total. The Morgan fingerprint density at radius 3 is 2.52 bits per heavy atom. The highest BCUT2D eigenvalue weighted by Gasteiger charge is 2.44. The summed E-state index contributed by atoms with van der Waals surface area (Å²) < 4.78 is 3.45. The van der Waals surface area contributed by atoms with Gasteiger partial charge < -0.3 is 14.8 Å². The molecule has 2 fully saturated rings. The van der Waals surface area contributed by atoms with Crippen LogP contribution in [0, 0.1) is 13.8 Å². The van der Waals surface area contributed by atoms with E-state index in [-0.39, 0.29) is 12.1 Å². The second kappa shape index (κ2) is 8.40. The minimum Gasteiger partial charge on any atom is -0.352 e. The van der Waals surface area contributed by atoms with E-state index in [1.165, 1.54) is 48.3 Å². The predicted octanol–water partition coefficient (Wildman–Crippen LogP) is 6.17. The van der Waals surface area contributed by atoms with Gasteiger partial charge in [-0.05, 0) is 90.7 Å². The molecule has 2 aliphatic rings. The highest BCUT2D eigenvalue weighted by Crippen LogP contribution is 2.45. The molecule has 0 spiro atoms. The van der Waals surface area contributed by atoms with Gasteiger partial charge in [0.15, 0.2) is 5.11 Å². The molecule has 160 valence electrons. The second-order valence-corrected chi connectivity index (χ2v) is 9.83. The van der Waals surface area contributed by atoms with E-state index in [1.807, 2.05) is 12.3 Å². The maximum absolute atomic E-state index is 5.90. The minimum atomic E-state index is 0.0439. The number of aryl methyl sites for hydroxylation is 1. The fraction of sp³-hybridized carbons (Fsp3) is 0.360. The fourth-order valence-electron chi connectivity index (χ4n) is 5.36. The van der Waals surface area contributed by atoms with Crippen LogP contribution in [0.25, 0.3) is 5.69 Å². The number of benzene rings is 1. The van der Waals surface area contributed by atoms with Crippen molar-refractivity contribution in [3.05, 3.63) is 81.8 Å². The third-order valence-corrected chi connectivity index (χ3v) is 7.73. The number of thiocarbonyl (C=S) groups is 1. The molecule has 0 bridgehead atoms. The maximum Gasteiger partial charge on any atom is 0.170 e. The largest absolute Gasteiger partial charge is 0.352 e. The Labute approximate surface area is 197 Å². The second-order valence-electron chi connectivity index (χ2n) is 8.59. The van der Waals surface area contributed by atoms with Crippen molar-refractivity contribution in [1.82, 2.24) is 19.8 Å². The van der Waals surface area contributed by atoms with Gasteiger partial charge in [-0.25, -0.2) is 0 Å². The van der Waals surface area contributed by atoms with Crippen LogP contribution in [0.2, 0.25) is 0 Å². The van der Waals surface area contributed by atoms with Gasteiger partial charge >= 0.3 is 0 Å². The van der Waals surface area contributed by atoms with Gasteiger partial charge in [0, 0.05) is 28.1 Å². The van der Waals surface area contributed by atoms with Crippen LogP contribution >= 0.6 is 28.1 Å². The monoisotopic (exact) mass is 494 g/mol. The third-order valence-electron chi connectivity index (χ3n) is 6.74. The number of nitrogens with zero attached hydrogens (tertiary/aromatic N) is 3. The minimum absolute atomic E-state index is 0.0439. The highest BCUT2D eigenvalue weighted by molar-refractivity contribution is 9.10. The van der Waals surface area contributed by atoms with E-state index in [0.717, 1.165) is 15.3 Å². The van der Waals surface area contributed by atoms with Crippen molar-refractivity contribution >= 4 is 33.3 Å². The molecular formula is C25H27BrN4S. The lowest BCUT2D eigenvalue weighted by Gasteiger charge is -2.33. The Bertz CT molecular complexity index is 1100. The number of hydrogen-bond acceptors (Lipinski definition) is 2. The summed E-state index contributed by atoms with van der Waals surface area (Å²) in [5.74, 6) is 0. The summed E-state index contributed by atoms with van der Waals surface area (Å²) >= 11 is 9.64. The van der Waals surface area contributed by atoms with Crippen molar-refractivity contribution in [2.45, 2.75) is 57.7 Å². The van der Waals surface area contributed by atoms with Crippen molar-refractivity contribution in [3.63, 3.8) is 0 Å². The Morgan fingerprint density at radius 1 is 1.06 bits per heavy atom. The highest BCUT2D eigenvalue weighted by atomic mass is 79.9. The van der Waals surface area contributed by atoms with Crippen LogP contribution in [0.3, 0.4) is 0 Å². The molecule has 4 nitrogen and oxygen atoms in total. The molecular weight excluding hydrogens is 468 g/mol. The van der Waals surface area contributed by atoms with Crippen LogP contribution in [0.5, 0.6) is 0 Å². The Kier molecular flexibility index (Phi) is 5.61. The maximum atomic E-state index is 5.90. The van der Waals surface area contributed by atoms with Crippen LogP contribution in [-0.2, 0) is 0 Å². The number of aromatic nitrogens is 2. The zero-order valence-electron chi connectivity index (χ0n) is 17.9. The SMILES string of the molecule is Cc1cc([C@@H]2[C@@H](c3ccccn3)NC(=S)N2C2CCCC2)c(C)n1-c1ccccc1Br. The molecule has 3 heterocycles. The Balaban J connectivity index is 1.65. The van der Waals surface area contributed by atoms with Crippen LogP contribution in [0.1, 0.15) is 60.4 Å². The summed E-state index contributed by atoms with van der Waals surface area (Å²) in [5, 5.41) is 4.49. The average molecular weight is 495 g/mol. The van der Waals surface area contributed by atoms with Gasteiger partial charge in [-0.2, -0.15) is 0 Å². The molecule has 2 atom stereocenters. The summed E-state index contributed by atoms with van der Waals surface area (Å²) in [6.45, 7) is 4.41. The molecule has 3 aromatic rings. The lowest BCUT2D eigenvalue weighted by molar-refractivity contribution is 0.245. The van der Waals surface area contributed by atoms with E-state index in [2.05, 4.69) is 87.0 Å². The van der Waals surface area contributed by atoms with Crippen molar-refractivity contribution in [1.29, 1.82) is 0 Å². The standard InChI is InChI=1S/C25H27BrN4S/c1-16-15-19(17(2)29(16)22-13-6-5-11-20(22)26)24-23(21-12-7-8-14-27-21)28-25(31)30(24)18-9-3-4-10-18/h5-8,11-15,18,23-24H,3-4,9-10H2,1-2H3,(H,28,31)/t23-,24-/m1/s1. The molecule has 6 heteroatoms. The summed E-state index contributed by atoms with van der Waals surface area (Å²) in [5.41, 5.74) is 6.01. The molecule has 5 rings (SSSR count). The number of pyridine rings is 1. The van der Waals surface area contributed by atoms with E-state index >= 15 is 0 Å². The molecule has 1 aromatic carbocycles. The Morgan fingerprint density at radius 2 is 1.81 bits per heavy atom. The van der Waals surface area contributed by atoms with E-state index in [9.17, 15) is 0 Å². The smallest absolute Gasteiger partial charge is 0.170 e. The van der Waals surface area contributed by atoms with E-state index in [4.69, 9.17) is 17.2 Å². The molecule has 0 unspecified atom stereocenters. The van der Waals surface area contributed by atoms with Crippen LogP contribution in [0.15, 0.2) is 59.2 Å². The first-order chi connectivity index (χ1) is 15.1. The van der Waals surface area contributed by atoms with Crippen molar-refractivity contribution in [2.24, 2.45) is 0 Å². The summed E-state index contributed by atoms with van der Waals surface area (Å²) in [4.78, 5) is 7.18. The number of halogens is 1. The number of rotatable bonds is 4. The number of nitrogens with one attached hydrogen (secondary N) is 1. The molecule has 31 heavy (non-hydrogen) atoms. The van der Waals surface area contributed by atoms with E-state index in [0.29, 0.717) is 6.04 Å². The molecule has 1 saturated heterocycles. The molecule has 0 radical (unpaired) electrons. The summed E-state index contributed by atoms with van der Waals surface area (Å²) in [6.07, 6.45) is 6.84. The van der Waals surface area contributed by atoms with Gasteiger partial charge in [0.1, 0.15) is 0 Å². The molecule has 1 aliphatic heterocycles. The predicted molar refractivity (Wildman–Crippen MR) is 132 cm³/mol. The van der Waals surface area contributed by atoms with Crippen molar-refractivity contribution in [2.75, 3.05) is 0 Å². The summed E-state index contributed by atoms with van der Waals surface area (Å²) in [7, 11) is 0. The fourth-order valence-corrected chi connectivity index (χ4v) is 6.22. The molecule has 1 saturated carbocycles. The van der Waals surface area contributed by atoms with Gasteiger partial charge in [-0.1, -0.05) is 31.0 Å². The normalized spacial score (nSPS) is 21.6. The van der Waals surface area contributed by atoms with E-state index in [1.54, 1.807) is 0 Å². The topological polar surface area (TPSA) is 33.1 Å². The van der Waals surface area contributed by atoms with Gasteiger partial charge in [0.25, 0.3) is 0 Å². The third kappa shape index (κ3) is 3.60. The van der Waals surface area contributed by atoms with Gasteiger partial charge in [-0.15, -0.1) is 0 Å². The van der Waals surface area contributed by atoms with E-state index < -0.39 is 0 Å². The quantitative estimate of drug-likeness (QED) is 0.439. The van der Waals surface area contributed by atoms with Gasteiger partial charge in [-0.3, -0.25) is 4.98 Å². The zero-order chi connectivity index (χ0) is 21.5. The first-order valence-corrected chi connectivity index (χ1v) is 12.2. The van der Waals surface area contributed by atoms with Gasteiger partial charge in [0.2, 0.25) is 0 Å². The zero-order valence-corrected chi connectivity index (χ0v) is 20.3. The van der Waals surface area contributed by atoms with Crippen LogP contribution in [-0.4, -0.2) is 25.6 Å². The van der Waals surface area contributed by atoms with Crippen LogP contribution < -0.4 is 5.32 Å². The molecule has 0 amide bonds. The first kappa shape index (κ1) is 20.7. The molecule has 2 aromatic heterocycles. The lowest BCUT2D eigenvalue weighted by Crippen LogP contribution is -2.37. The number of hydrogen-bond donors (Lipinski definition) is 1. The molecule has 1 aliphatic carbocycles. The van der Waals surface area contributed by atoms with Crippen LogP contribution in [0.4, 0.5) is 0 Å². The van der Waals surface area contributed by atoms with Crippen molar-refractivity contribution in [3.8, 4) is 5.69 Å². The Hall–Kier alpha value is -2.18. The first-order valence-electron chi connectivity index (χ1n) is 11.0. The van der Waals surface area contributed by atoms with Crippen molar-refractivity contribution < 1.29 is 0 Å². The lowest BCUT2D eigenvalue weighted by atomic mass is 9.95.